The lowest BCUT2D eigenvalue weighted by molar-refractivity contribution is -0.137. The van der Waals surface area contributed by atoms with E-state index in [1.165, 1.54) is 12.1 Å². The summed E-state index contributed by atoms with van der Waals surface area (Å²) < 4.78 is 42.4. The van der Waals surface area contributed by atoms with Crippen LogP contribution in [0.15, 0.2) is 28.7 Å². The minimum atomic E-state index is -4.34. The second kappa shape index (κ2) is 3.83. The molecule has 0 amide bonds. The second-order valence-electron chi connectivity index (χ2n) is 3.44. The molecule has 2 nitrogen and oxygen atoms in total. The van der Waals surface area contributed by atoms with Crippen LogP contribution in [0.5, 0.6) is 0 Å². The van der Waals surface area contributed by atoms with E-state index in [-0.39, 0.29) is 6.61 Å². The van der Waals surface area contributed by atoms with Gasteiger partial charge in [0.2, 0.25) is 0 Å². The highest BCUT2D eigenvalue weighted by Crippen LogP contribution is 2.32. The maximum Gasteiger partial charge on any atom is 0.416 e. The van der Waals surface area contributed by atoms with Crippen molar-refractivity contribution in [1.82, 2.24) is 0 Å². The minimum Gasteiger partial charge on any atom is -0.461 e. The van der Waals surface area contributed by atoms with E-state index in [1.807, 2.05) is 0 Å². The number of alkyl halides is 3. The third-order valence-corrected chi connectivity index (χ3v) is 2.25. The predicted molar refractivity (Wildman–Crippen MR) is 52.0 cm³/mol. The van der Waals surface area contributed by atoms with Crippen molar-refractivity contribution in [2.24, 2.45) is 0 Å². The van der Waals surface area contributed by atoms with Gasteiger partial charge in [0.15, 0.2) is 0 Å². The molecule has 0 radical (unpaired) electrons. The SMILES string of the molecule is OCCc1cc2cc(C(F)(F)F)ccc2o1. The normalized spacial score (nSPS) is 12.2. The van der Waals surface area contributed by atoms with Gasteiger partial charge in [-0.25, -0.2) is 0 Å². The Balaban J connectivity index is 2.46. The fourth-order valence-electron chi connectivity index (χ4n) is 1.51. The number of fused-ring (bicyclic) bond motifs is 1. The van der Waals surface area contributed by atoms with Crippen molar-refractivity contribution in [3.05, 3.63) is 35.6 Å². The van der Waals surface area contributed by atoms with Crippen LogP contribution in [-0.4, -0.2) is 11.7 Å². The summed E-state index contributed by atoms with van der Waals surface area (Å²) >= 11 is 0. The molecule has 0 spiro atoms. The van der Waals surface area contributed by atoms with Gasteiger partial charge in [0.05, 0.1) is 12.2 Å². The molecule has 0 atom stereocenters. The molecular formula is C11H9F3O2. The fraction of sp³-hybridized carbons (Fsp3) is 0.273. The summed E-state index contributed by atoms with van der Waals surface area (Å²) in [6.45, 7) is -0.0913. The van der Waals surface area contributed by atoms with Crippen molar-refractivity contribution in [2.45, 2.75) is 12.6 Å². The van der Waals surface area contributed by atoms with E-state index in [0.29, 0.717) is 23.2 Å². The zero-order valence-corrected chi connectivity index (χ0v) is 8.21. The Hall–Kier alpha value is -1.49. The molecule has 1 N–H and O–H groups in total. The molecule has 0 unspecified atom stereocenters. The Kier molecular flexibility index (Phi) is 2.63. The first-order valence-electron chi connectivity index (χ1n) is 4.71. The van der Waals surface area contributed by atoms with Crippen LogP contribution < -0.4 is 0 Å². The largest absolute Gasteiger partial charge is 0.461 e. The summed E-state index contributed by atoms with van der Waals surface area (Å²) in [6, 6.07) is 4.83. The lowest BCUT2D eigenvalue weighted by atomic mass is 10.1. The Bertz CT molecular complexity index is 499. The maximum atomic E-state index is 12.4. The summed E-state index contributed by atoms with van der Waals surface area (Å²) in [5.41, 5.74) is -0.298. The molecule has 1 aromatic carbocycles. The fourth-order valence-corrected chi connectivity index (χ4v) is 1.51. The summed E-state index contributed by atoms with van der Waals surface area (Å²) in [5.74, 6) is 0.483. The van der Waals surface area contributed by atoms with Gasteiger partial charge in [-0.3, -0.25) is 0 Å². The molecule has 0 saturated heterocycles. The van der Waals surface area contributed by atoms with Crippen molar-refractivity contribution >= 4 is 11.0 Å². The van der Waals surface area contributed by atoms with Crippen LogP contribution in [0.2, 0.25) is 0 Å². The number of benzene rings is 1. The van der Waals surface area contributed by atoms with E-state index in [2.05, 4.69) is 0 Å². The van der Waals surface area contributed by atoms with Crippen LogP contribution in [0.3, 0.4) is 0 Å². The second-order valence-corrected chi connectivity index (χ2v) is 3.44. The standard InChI is InChI=1S/C11H9F3O2/c12-11(13,14)8-1-2-10-7(5-8)6-9(16-10)3-4-15/h1-2,5-6,15H,3-4H2. The van der Waals surface area contributed by atoms with Crippen molar-refractivity contribution in [2.75, 3.05) is 6.61 Å². The van der Waals surface area contributed by atoms with Crippen LogP contribution in [0, 0.1) is 0 Å². The van der Waals surface area contributed by atoms with Gasteiger partial charge in [0, 0.05) is 11.8 Å². The molecule has 0 aliphatic carbocycles. The number of hydrogen-bond donors (Lipinski definition) is 1. The van der Waals surface area contributed by atoms with Crippen LogP contribution in [0.1, 0.15) is 11.3 Å². The van der Waals surface area contributed by atoms with E-state index in [4.69, 9.17) is 9.52 Å². The Morgan fingerprint density at radius 1 is 1.19 bits per heavy atom. The Morgan fingerprint density at radius 2 is 1.94 bits per heavy atom. The molecule has 5 heteroatoms. The summed E-state index contributed by atoms with van der Waals surface area (Å²) in [6.07, 6.45) is -4.04. The van der Waals surface area contributed by atoms with E-state index in [9.17, 15) is 13.2 Å². The number of aliphatic hydroxyl groups is 1. The zero-order chi connectivity index (χ0) is 11.8. The first kappa shape index (κ1) is 11.0. The smallest absolute Gasteiger partial charge is 0.416 e. The number of hydrogen-bond acceptors (Lipinski definition) is 2. The average Bonchev–Trinajstić information content (AvgIpc) is 2.57. The molecule has 0 fully saturated rings. The molecule has 1 heterocycles. The number of aliphatic hydroxyl groups excluding tert-OH is 1. The molecule has 1 aromatic heterocycles. The van der Waals surface area contributed by atoms with Crippen molar-refractivity contribution in [3.8, 4) is 0 Å². The highest BCUT2D eigenvalue weighted by molar-refractivity contribution is 5.78. The highest BCUT2D eigenvalue weighted by atomic mass is 19.4. The van der Waals surface area contributed by atoms with Crippen LogP contribution in [-0.2, 0) is 12.6 Å². The number of furan rings is 1. The Morgan fingerprint density at radius 3 is 2.56 bits per heavy atom. The van der Waals surface area contributed by atoms with Gasteiger partial charge < -0.3 is 9.52 Å². The van der Waals surface area contributed by atoms with Gasteiger partial charge >= 0.3 is 6.18 Å². The molecule has 0 saturated carbocycles. The van der Waals surface area contributed by atoms with Gasteiger partial charge in [-0.2, -0.15) is 13.2 Å². The molecule has 86 valence electrons. The van der Waals surface area contributed by atoms with E-state index in [0.717, 1.165) is 12.1 Å². The van der Waals surface area contributed by atoms with E-state index < -0.39 is 11.7 Å². The lowest BCUT2D eigenvalue weighted by Gasteiger charge is -2.04. The van der Waals surface area contributed by atoms with Crippen LogP contribution in [0.25, 0.3) is 11.0 Å². The van der Waals surface area contributed by atoms with Gasteiger partial charge in [0.1, 0.15) is 11.3 Å². The third-order valence-electron chi connectivity index (χ3n) is 2.25. The van der Waals surface area contributed by atoms with E-state index >= 15 is 0 Å². The molecular weight excluding hydrogens is 221 g/mol. The van der Waals surface area contributed by atoms with Crippen LogP contribution in [0.4, 0.5) is 13.2 Å². The molecule has 0 aliphatic heterocycles. The quantitative estimate of drug-likeness (QED) is 0.860. The van der Waals surface area contributed by atoms with Gasteiger partial charge in [-0.1, -0.05) is 0 Å². The molecule has 0 aliphatic rings. The summed E-state index contributed by atoms with van der Waals surface area (Å²) in [7, 11) is 0. The lowest BCUT2D eigenvalue weighted by Crippen LogP contribution is -2.03. The van der Waals surface area contributed by atoms with Crippen molar-refractivity contribution in [3.63, 3.8) is 0 Å². The van der Waals surface area contributed by atoms with Crippen molar-refractivity contribution < 1.29 is 22.7 Å². The molecule has 2 aromatic rings. The highest BCUT2D eigenvalue weighted by Gasteiger charge is 2.30. The van der Waals surface area contributed by atoms with Crippen molar-refractivity contribution in [1.29, 1.82) is 0 Å². The Labute approximate surface area is 89.3 Å². The molecule has 16 heavy (non-hydrogen) atoms. The molecule has 2 rings (SSSR count). The number of rotatable bonds is 2. The summed E-state index contributed by atoms with van der Waals surface area (Å²) in [4.78, 5) is 0. The topological polar surface area (TPSA) is 33.4 Å². The minimum absolute atomic E-state index is 0.0913. The first-order chi connectivity index (χ1) is 7.50. The zero-order valence-electron chi connectivity index (χ0n) is 8.21. The van der Waals surface area contributed by atoms with Gasteiger partial charge in [-0.15, -0.1) is 0 Å². The molecule has 0 bridgehead atoms. The predicted octanol–water partition coefficient (Wildman–Crippen LogP) is 2.99. The first-order valence-corrected chi connectivity index (χ1v) is 4.71. The monoisotopic (exact) mass is 230 g/mol. The van der Waals surface area contributed by atoms with Crippen LogP contribution >= 0.6 is 0 Å². The van der Waals surface area contributed by atoms with Gasteiger partial charge in [0.25, 0.3) is 0 Å². The van der Waals surface area contributed by atoms with E-state index in [1.54, 1.807) is 0 Å². The third kappa shape index (κ3) is 2.04. The maximum absolute atomic E-state index is 12.4. The number of halogens is 3. The average molecular weight is 230 g/mol. The summed E-state index contributed by atoms with van der Waals surface area (Å²) in [5, 5.41) is 9.09. The van der Waals surface area contributed by atoms with Gasteiger partial charge in [-0.05, 0) is 24.3 Å².